The summed E-state index contributed by atoms with van der Waals surface area (Å²) in [6, 6.07) is 10.1. The van der Waals surface area contributed by atoms with Gasteiger partial charge in [0, 0.05) is 18.7 Å². The molecule has 1 aromatic rings. The highest BCUT2D eigenvalue weighted by Crippen LogP contribution is 2.30. The fraction of sp³-hybridized carbons (Fsp3) is 0.500. The maximum Gasteiger partial charge on any atom is 0.128 e. The van der Waals surface area contributed by atoms with Gasteiger partial charge in [-0.15, -0.1) is 0 Å². The van der Waals surface area contributed by atoms with Gasteiger partial charge in [-0.2, -0.15) is 0 Å². The summed E-state index contributed by atoms with van der Waals surface area (Å²) in [5.41, 5.74) is 1.04. The molecule has 16 heavy (non-hydrogen) atoms. The van der Waals surface area contributed by atoms with E-state index >= 15 is 0 Å². The second kappa shape index (κ2) is 5.15. The quantitative estimate of drug-likeness (QED) is 0.594. The normalized spacial score (nSPS) is 14.8. The van der Waals surface area contributed by atoms with Gasteiger partial charge in [-0.3, -0.25) is 5.41 Å². The topological polar surface area (TPSA) is 27.1 Å². The fourth-order valence-corrected chi connectivity index (χ4v) is 1.95. The van der Waals surface area contributed by atoms with Gasteiger partial charge in [0.2, 0.25) is 0 Å². The molecule has 1 saturated carbocycles. The van der Waals surface area contributed by atoms with E-state index in [-0.39, 0.29) is 0 Å². The van der Waals surface area contributed by atoms with Crippen LogP contribution in [0.3, 0.4) is 0 Å². The van der Waals surface area contributed by atoms with E-state index in [9.17, 15) is 0 Å². The first-order valence-electron chi connectivity index (χ1n) is 6.20. The van der Waals surface area contributed by atoms with Crippen LogP contribution in [-0.4, -0.2) is 23.8 Å². The molecular formula is C14H20N2. The largest absolute Gasteiger partial charge is 0.356 e. The predicted octanol–water partition coefficient (Wildman–Crippen LogP) is 3.13. The van der Waals surface area contributed by atoms with Gasteiger partial charge in [0.05, 0.1) is 0 Å². The van der Waals surface area contributed by atoms with Gasteiger partial charge >= 0.3 is 0 Å². The van der Waals surface area contributed by atoms with Crippen molar-refractivity contribution < 1.29 is 0 Å². The maximum absolute atomic E-state index is 8.24. The van der Waals surface area contributed by atoms with E-state index in [2.05, 4.69) is 11.8 Å². The van der Waals surface area contributed by atoms with Gasteiger partial charge in [0.1, 0.15) is 5.84 Å². The third-order valence-electron chi connectivity index (χ3n) is 3.03. The van der Waals surface area contributed by atoms with Crippen molar-refractivity contribution in [2.75, 3.05) is 13.1 Å². The van der Waals surface area contributed by atoms with Crippen LogP contribution in [-0.2, 0) is 0 Å². The summed E-state index contributed by atoms with van der Waals surface area (Å²) in [5.74, 6) is 1.53. The number of benzene rings is 1. The van der Waals surface area contributed by atoms with Crippen LogP contribution in [0.4, 0.5) is 0 Å². The average molecular weight is 216 g/mol. The second-order valence-corrected chi connectivity index (χ2v) is 4.60. The lowest BCUT2D eigenvalue weighted by Gasteiger charge is -2.24. The molecule has 0 spiro atoms. The van der Waals surface area contributed by atoms with Crippen molar-refractivity contribution in [3.63, 3.8) is 0 Å². The van der Waals surface area contributed by atoms with Gasteiger partial charge in [-0.25, -0.2) is 0 Å². The van der Waals surface area contributed by atoms with Crippen LogP contribution in [0, 0.1) is 11.3 Å². The van der Waals surface area contributed by atoms with Crippen LogP contribution in [0.2, 0.25) is 0 Å². The first kappa shape index (κ1) is 11.2. The minimum atomic E-state index is 0.689. The lowest BCUT2D eigenvalue weighted by molar-refractivity contribution is 0.397. The van der Waals surface area contributed by atoms with Gasteiger partial charge in [-0.1, -0.05) is 37.3 Å². The molecule has 86 valence electrons. The van der Waals surface area contributed by atoms with Crippen molar-refractivity contribution in [1.82, 2.24) is 4.90 Å². The second-order valence-electron chi connectivity index (χ2n) is 4.60. The number of nitrogens with zero attached hydrogens (tertiary/aromatic N) is 1. The van der Waals surface area contributed by atoms with Gasteiger partial charge < -0.3 is 4.90 Å². The Balaban J connectivity index is 2.03. The van der Waals surface area contributed by atoms with Gasteiger partial charge in [0.25, 0.3) is 0 Å². The van der Waals surface area contributed by atoms with E-state index in [1.165, 1.54) is 12.8 Å². The molecule has 1 aromatic carbocycles. The molecule has 1 fully saturated rings. The van der Waals surface area contributed by atoms with Crippen molar-refractivity contribution >= 4 is 5.84 Å². The molecule has 0 saturated heterocycles. The number of hydrogen-bond acceptors (Lipinski definition) is 1. The number of amidine groups is 1. The summed E-state index contributed by atoms with van der Waals surface area (Å²) in [5, 5.41) is 8.24. The Labute approximate surface area is 97.8 Å². The Kier molecular flexibility index (Phi) is 3.60. The van der Waals surface area contributed by atoms with Crippen LogP contribution >= 0.6 is 0 Å². The fourth-order valence-electron chi connectivity index (χ4n) is 1.95. The lowest BCUT2D eigenvalue weighted by atomic mass is 10.2. The van der Waals surface area contributed by atoms with E-state index in [0.717, 1.165) is 31.0 Å². The van der Waals surface area contributed by atoms with E-state index in [1.807, 2.05) is 30.3 Å². The molecule has 2 rings (SSSR count). The van der Waals surface area contributed by atoms with Crippen LogP contribution in [0.25, 0.3) is 0 Å². The number of rotatable bonds is 5. The van der Waals surface area contributed by atoms with Crippen LogP contribution in [0.5, 0.6) is 0 Å². The molecule has 2 nitrogen and oxygen atoms in total. The molecule has 0 atom stereocenters. The molecule has 0 aliphatic heterocycles. The monoisotopic (exact) mass is 216 g/mol. The van der Waals surface area contributed by atoms with Gasteiger partial charge in [0.15, 0.2) is 0 Å². The van der Waals surface area contributed by atoms with E-state index < -0.39 is 0 Å². The summed E-state index contributed by atoms with van der Waals surface area (Å²) < 4.78 is 0. The number of nitrogens with one attached hydrogen (secondary N) is 1. The van der Waals surface area contributed by atoms with Crippen LogP contribution < -0.4 is 0 Å². The summed E-state index contributed by atoms with van der Waals surface area (Å²) in [4.78, 5) is 2.23. The molecule has 0 aromatic heterocycles. The molecule has 0 radical (unpaired) electrons. The third-order valence-corrected chi connectivity index (χ3v) is 3.03. The molecule has 0 amide bonds. The van der Waals surface area contributed by atoms with E-state index in [1.54, 1.807) is 0 Å². The highest BCUT2D eigenvalue weighted by Gasteiger charge is 2.25. The van der Waals surface area contributed by atoms with Crippen molar-refractivity contribution in [3.8, 4) is 0 Å². The van der Waals surface area contributed by atoms with Crippen LogP contribution in [0.1, 0.15) is 31.7 Å². The summed E-state index contributed by atoms with van der Waals surface area (Å²) in [6.07, 6.45) is 3.81. The molecule has 1 aliphatic rings. The standard InChI is InChI=1S/C14H20N2/c1-2-10-16(11-12-8-9-12)14(15)13-6-4-3-5-7-13/h3-7,12,15H,2,8-11H2,1H3. The molecule has 1 N–H and O–H groups in total. The Bertz CT molecular complexity index is 341. The summed E-state index contributed by atoms with van der Waals surface area (Å²) in [7, 11) is 0. The van der Waals surface area contributed by atoms with Gasteiger partial charge in [-0.05, 0) is 25.2 Å². The van der Waals surface area contributed by atoms with Crippen molar-refractivity contribution in [1.29, 1.82) is 5.41 Å². The van der Waals surface area contributed by atoms with E-state index in [0.29, 0.717) is 5.84 Å². The Morgan fingerprint density at radius 3 is 2.56 bits per heavy atom. The van der Waals surface area contributed by atoms with Crippen LogP contribution in [0.15, 0.2) is 30.3 Å². The summed E-state index contributed by atoms with van der Waals surface area (Å²) in [6.45, 7) is 4.25. The summed E-state index contributed by atoms with van der Waals surface area (Å²) >= 11 is 0. The lowest BCUT2D eigenvalue weighted by Crippen LogP contribution is -2.33. The Morgan fingerprint density at radius 2 is 2.00 bits per heavy atom. The molecule has 0 unspecified atom stereocenters. The Morgan fingerprint density at radius 1 is 1.31 bits per heavy atom. The highest BCUT2D eigenvalue weighted by molar-refractivity contribution is 5.96. The van der Waals surface area contributed by atoms with Crippen molar-refractivity contribution in [2.24, 2.45) is 5.92 Å². The van der Waals surface area contributed by atoms with Crippen molar-refractivity contribution in [3.05, 3.63) is 35.9 Å². The molecular weight excluding hydrogens is 196 g/mol. The van der Waals surface area contributed by atoms with Crippen molar-refractivity contribution in [2.45, 2.75) is 26.2 Å². The predicted molar refractivity (Wildman–Crippen MR) is 67.9 cm³/mol. The molecule has 0 bridgehead atoms. The highest BCUT2D eigenvalue weighted by atomic mass is 15.2. The maximum atomic E-state index is 8.24. The zero-order valence-corrected chi connectivity index (χ0v) is 9.95. The average Bonchev–Trinajstić information content (AvgIpc) is 3.13. The molecule has 2 heteroatoms. The first-order valence-corrected chi connectivity index (χ1v) is 6.20. The zero-order valence-electron chi connectivity index (χ0n) is 9.95. The number of hydrogen-bond donors (Lipinski definition) is 1. The SMILES string of the molecule is CCCN(CC1CC1)C(=N)c1ccccc1. The minimum Gasteiger partial charge on any atom is -0.356 e. The van der Waals surface area contributed by atoms with E-state index in [4.69, 9.17) is 5.41 Å². The molecule has 1 aliphatic carbocycles. The molecule has 0 heterocycles. The Hall–Kier alpha value is -1.31. The smallest absolute Gasteiger partial charge is 0.128 e. The first-order chi connectivity index (χ1) is 7.81. The third kappa shape index (κ3) is 2.84. The minimum absolute atomic E-state index is 0.689. The zero-order chi connectivity index (χ0) is 11.4.